The van der Waals surface area contributed by atoms with Crippen LogP contribution in [-0.2, 0) is 11.2 Å². The van der Waals surface area contributed by atoms with Gasteiger partial charge in [-0.1, -0.05) is 62.4 Å². The Morgan fingerprint density at radius 2 is 1.80 bits per heavy atom. The van der Waals surface area contributed by atoms with Gasteiger partial charge in [-0.25, -0.2) is 0 Å². The molecule has 0 radical (unpaired) electrons. The number of aryl methyl sites for hydroxylation is 1. The molecule has 0 bridgehead atoms. The van der Waals surface area contributed by atoms with Gasteiger partial charge in [0.25, 0.3) is 0 Å². The molecule has 1 aromatic rings. The molecule has 0 heterocycles. The summed E-state index contributed by atoms with van der Waals surface area (Å²) in [6.45, 7) is 0. The number of carboxylic acids is 1. The third-order valence-electron chi connectivity index (χ3n) is 4.64. The maximum absolute atomic E-state index is 10.8. The number of hydrogen-bond donors (Lipinski definition) is 1. The van der Waals surface area contributed by atoms with Crippen molar-refractivity contribution in [1.29, 1.82) is 0 Å². The van der Waals surface area contributed by atoms with E-state index in [2.05, 4.69) is 30.3 Å². The molecule has 2 atom stereocenters. The van der Waals surface area contributed by atoms with Crippen LogP contribution >= 0.6 is 0 Å². The van der Waals surface area contributed by atoms with Crippen LogP contribution in [0.25, 0.3) is 0 Å². The van der Waals surface area contributed by atoms with E-state index >= 15 is 0 Å². The van der Waals surface area contributed by atoms with Crippen LogP contribution in [0.15, 0.2) is 30.3 Å². The standard InChI is InChI=1S/C18H26O2/c19-18(20)14-17-13-7-12-16(17)11-6-2-5-10-15-8-3-1-4-9-15/h1,3-4,8-9,16-17H,2,5-7,10-14H2,(H,19,20)/t16?,17-/m1/s1. The van der Waals surface area contributed by atoms with Crippen LogP contribution in [-0.4, -0.2) is 11.1 Å². The molecule has 1 aromatic carbocycles. The predicted octanol–water partition coefficient (Wildman–Crippen LogP) is 4.68. The summed E-state index contributed by atoms with van der Waals surface area (Å²) in [7, 11) is 0. The molecule has 0 aromatic heterocycles. The Morgan fingerprint density at radius 1 is 1.05 bits per heavy atom. The summed E-state index contributed by atoms with van der Waals surface area (Å²) >= 11 is 0. The van der Waals surface area contributed by atoms with Gasteiger partial charge >= 0.3 is 5.97 Å². The number of unbranched alkanes of at least 4 members (excludes halogenated alkanes) is 2. The fourth-order valence-corrected chi connectivity index (χ4v) is 3.54. The molecule has 0 saturated heterocycles. The van der Waals surface area contributed by atoms with Gasteiger partial charge in [-0.05, 0) is 36.7 Å². The van der Waals surface area contributed by atoms with Crippen molar-refractivity contribution in [3.63, 3.8) is 0 Å². The van der Waals surface area contributed by atoms with Crippen LogP contribution in [0.5, 0.6) is 0 Å². The van der Waals surface area contributed by atoms with E-state index in [1.54, 1.807) is 0 Å². The third-order valence-corrected chi connectivity index (χ3v) is 4.64. The largest absolute Gasteiger partial charge is 0.481 e. The Kier molecular flexibility index (Phi) is 6.10. The zero-order valence-electron chi connectivity index (χ0n) is 12.3. The van der Waals surface area contributed by atoms with Crippen LogP contribution in [0, 0.1) is 11.8 Å². The smallest absolute Gasteiger partial charge is 0.303 e. The fourth-order valence-electron chi connectivity index (χ4n) is 3.54. The average Bonchev–Trinajstić information content (AvgIpc) is 2.86. The van der Waals surface area contributed by atoms with Gasteiger partial charge in [-0.3, -0.25) is 4.79 Å². The number of carbonyl (C=O) groups is 1. The quantitative estimate of drug-likeness (QED) is 0.699. The monoisotopic (exact) mass is 274 g/mol. The minimum atomic E-state index is -0.619. The molecule has 0 spiro atoms. The van der Waals surface area contributed by atoms with Crippen molar-refractivity contribution in [1.82, 2.24) is 0 Å². The van der Waals surface area contributed by atoms with Crippen LogP contribution in [0.3, 0.4) is 0 Å². The summed E-state index contributed by atoms with van der Waals surface area (Å²) < 4.78 is 0. The van der Waals surface area contributed by atoms with E-state index in [4.69, 9.17) is 5.11 Å². The van der Waals surface area contributed by atoms with Crippen molar-refractivity contribution in [3.8, 4) is 0 Å². The van der Waals surface area contributed by atoms with Crippen molar-refractivity contribution in [3.05, 3.63) is 35.9 Å². The highest BCUT2D eigenvalue weighted by molar-refractivity contribution is 5.67. The molecule has 1 saturated carbocycles. The lowest BCUT2D eigenvalue weighted by atomic mass is 9.88. The molecule has 1 unspecified atom stereocenters. The molecular weight excluding hydrogens is 248 g/mol. The Balaban J connectivity index is 1.59. The van der Waals surface area contributed by atoms with Gasteiger partial charge in [0.05, 0.1) is 0 Å². The lowest BCUT2D eigenvalue weighted by Crippen LogP contribution is -2.12. The summed E-state index contributed by atoms with van der Waals surface area (Å²) in [4.78, 5) is 10.8. The highest BCUT2D eigenvalue weighted by atomic mass is 16.4. The van der Waals surface area contributed by atoms with Crippen LogP contribution in [0.1, 0.15) is 56.9 Å². The molecule has 2 rings (SSSR count). The van der Waals surface area contributed by atoms with E-state index < -0.39 is 5.97 Å². The second-order valence-electron chi connectivity index (χ2n) is 6.13. The van der Waals surface area contributed by atoms with Crippen molar-refractivity contribution < 1.29 is 9.90 Å². The van der Waals surface area contributed by atoms with Gasteiger partial charge < -0.3 is 5.11 Å². The lowest BCUT2D eigenvalue weighted by Gasteiger charge is -2.17. The Morgan fingerprint density at radius 3 is 2.55 bits per heavy atom. The Bertz CT molecular complexity index is 399. The zero-order chi connectivity index (χ0) is 14.2. The highest BCUT2D eigenvalue weighted by Crippen LogP contribution is 2.37. The zero-order valence-corrected chi connectivity index (χ0v) is 12.3. The van der Waals surface area contributed by atoms with E-state index in [0.29, 0.717) is 18.3 Å². The number of rotatable bonds is 8. The first kappa shape index (κ1) is 15.1. The van der Waals surface area contributed by atoms with Gasteiger partial charge in [0.1, 0.15) is 0 Å². The van der Waals surface area contributed by atoms with Crippen molar-refractivity contribution in [2.24, 2.45) is 11.8 Å². The molecule has 1 N–H and O–H groups in total. The Labute approximate surface area is 122 Å². The molecule has 110 valence electrons. The normalized spacial score (nSPS) is 22.0. The van der Waals surface area contributed by atoms with E-state index in [1.807, 2.05) is 0 Å². The van der Waals surface area contributed by atoms with Crippen molar-refractivity contribution in [2.75, 3.05) is 0 Å². The molecule has 2 nitrogen and oxygen atoms in total. The van der Waals surface area contributed by atoms with Crippen LogP contribution in [0.4, 0.5) is 0 Å². The second kappa shape index (κ2) is 8.08. The molecule has 1 fully saturated rings. The van der Waals surface area contributed by atoms with Crippen molar-refractivity contribution >= 4 is 5.97 Å². The number of benzene rings is 1. The van der Waals surface area contributed by atoms with Crippen molar-refractivity contribution in [2.45, 2.75) is 57.8 Å². The highest BCUT2D eigenvalue weighted by Gasteiger charge is 2.28. The molecule has 0 amide bonds. The first-order valence-corrected chi connectivity index (χ1v) is 8.01. The lowest BCUT2D eigenvalue weighted by molar-refractivity contribution is -0.138. The van der Waals surface area contributed by atoms with Crippen LogP contribution < -0.4 is 0 Å². The predicted molar refractivity (Wildman–Crippen MR) is 81.7 cm³/mol. The Hall–Kier alpha value is -1.31. The van der Waals surface area contributed by atoms with Crippen LogP contribution in [0.2, 0.25) is 0 Å². The summed E-state index contributed by atoms with van der Waals surface area (Å²) in [5.74, 6) is 0.496. The number of carboxylic acid groups (broad SMARTS) is 1. The number of hydrogen-bond acceptors (Lipinski definition) is 1. The average molecular weight is 274 g/mol. The van der Waals surface area contributed by atoms with E-state index in [0.717, 1.165) is 6.42 Å². The molecular formula is C18H26O2. The first-order chi connectivity index (χ1) is 9.75. The summed E-state index contributed by atoms with van der Waals surface area (Å²) in [5, 5.41) is 8.93. The minimum absolute atomic E-state index is 0.384. The SMILES string of the molecule is O=C(O)C[C@H]1CCCC1CCCCCc1ccccc1. The van der Waals surface area contributed by atoms with E-state index in [9.17, 15) is 4.79 Å². The van der Waals surface area contributed by atoms with Gasteiger partial charge in [0.15, 0.2) is 0 Å². The summed E-state index contributed by atoms with van der Waals surface area (Å²) in [6.07, 6.45) is 10.2. The topological polar surface area (TPSA) is 37.3 Å². The van der Waals surface area contributed by atoms with Gasteiger partial charge in [-0.15, -0.1) is 0 Å². The van der Waals surface area contributed by atoms with Gasteiger partial charge in [0.2, 0.25) is 0 Å². The maximum Gasteiger partial charge on any atom is 0.303 e. The van der Waals surface area contributed by atoms with E-state index in [-0.39, 0.29) is 0 Å². The molecule has 20 heavy (non-hydrogen) atoms. The van der Waals surface area contributed by atoms with Gasteiger partial charge in [0, 0.05) is 6.42 Å². The molecule has 0 aliphatic heterocycles. The summed E-state index contributed by atoms with van der Waals surface area (Å²) in [5.41, 5.74) is 1.43. The molecule has 1 aliphatic carbocycles. The third kappa shape index (κ3) is 4.99. The molecule has 2 heteroatoms. The van der Waals surface area contributed by atoms with Gasteiger partial charge in [-0.2, -0.15) is 0 Å². The summed E-state index contributed by atoms with van der Waals surface area (Å²) in [6, 6.07) is 10.7. The maximum atomic E-state index is 10.8. The minimum Gasteiger partial charge on any atom is -0.481 e. The molecule has 1 aliphatic rings. The number of aliphatic carboxylic acids is 1. The first-order valence-electron chi connectivity index (χ1n) is 8.01. The van der Waals surface area contributed by atoms with E-state index in [1.165, 1.54) is 50.5 Å². The second-order valence-corrected chi connectivity index (χ2v) is 6.13. The fraction of sp³-hybridized carbons (Fsp3) is 0.611.